The van der Waals surface area contributed by atoms with Gasteiger partial charge in [0.05, 0.1) is 0 Å². The molecule has 2 rings (SSSR count). The van der Waals surface area contributed by atoms with Gasteiger partial charge in [0.15, 0.2) is 0 Å². The Morgan fingerprint density at radius 1 is 1.24 bits per heavy atom. The summed E-state index contributed by atoms with van der Waals surface area (Å²) in [6, 6.07) is 1.58. The van der Waals surface area contributed by atoms with Crippen LogP contribution >= 0.6 is 0 Å². The topological polar surface area (TPSA) is 41.6 Å². The number of carbonyl (C=O) groups excluding carboxylic acids is 1. The van der Waals surface area contributed by atoms with Crippen LogP contribution in [-0.2, 0) is 4.74 Å². The number of carbonyl (C=O) groups is 1. The van der Waals surface area contributed by atoms with Crippen molar-refractivity contribution in [2.75, 3.05) is 7.05 Å². The Labute approximate surface area is 104 Å². The van der Waals surface area contributed by atoms with Crippen molar-refractivity contribution in [3.05, 3.63) is 0 Å². The molecule has 1 amide bonds. The van der Waals surface area contributed by atoms with Gasteiger partial charge in [0.2, 0.25) is 0 Å². The van der Waals surface area contributed by atoms with Crippen molar-refractivity contribution >= 4 is 6.09 Å². The first-order valence-electron chi connectivity index (χ1n) is 6.56. The average Bonchev–Trinajstić information content (AvgIpc) is 2.42. The molecule has 2 heterocycles. The SMILES string of the molecule is CN1[C@@H]2CC[C@@H]1CC(NC(=O)OC(C)(C)C)C2. The van der Waals surface area contributed by atoms with E-state index in [0.29, 0.717) is 18.1 Å². The fourth-order valence-corrected chi connectivity index (χ4v) is 3.00. The first-order chi connectivity index (χ1) is 7.85. The number of ether oxygens (including phenoxy) is 1. The fraction of sp³-hybridized carbons (Fsp3) is 0.923. The molecule has 4 heteroatoms. The van der Waals surface area contributed by atoms with E-state index < -0.39 is 5.60 Å². The van der Waals surface area contributed by atoms with Crippen molar-refractivity contribution in [1.29, 1.82) is 0 Å². The molecule has 98 valence electrons. The number of nitrogens with zero attached hydrogens (tertiary/aromatic N) is 1. The quantitative estimate of drug-likeness (QED) is 0.763. The molecule has 2 atom stereocenters. The van der Waals surface area contributed by atoms with Crippen LogP contribution in [0.15, 0.2) is 0 Å². The summed E-state index contributed by atoms with van der Waals surface area (Å²) in [4.78, 5) is 14.2. The maximum Gasteiger partial charge on any atom is 0.407 e. The summed E-state index contributed by atoms with van der Waals surface area (Å²) in [5.74, 6) is 0. The van der Waals surface area contributed by atoms with Crippen LogP contribution in [0.2, 0.25) is 0 Å². The number of amides is 1. The standard InChI is InChI=1S/C13H24N2O2/c1-13(2,3)17-12(16)14-9-7-10-5-6-11(8-9)15(10)4/h9-11H,5-8H2,1-4H3,(H,14,16)/t10-,11-/m1/s1. The van der Waals surface area contributed by atoms with Crippen molar-refractivity contribution in [1.82, 2.24) is 10.2 Å². The molecule has 0 spiro atoms. The molecule has 0 aromatic carbocycles. The van der Waals surface area contributed by atoms with Crippen LogP contribution in [0.1, 0.15) is 46.5 Å². The molecule has 0 aromatic rings. The van der Waals surface area contributed by atoms with Gasteiger partial charge in [0.1, 0.15) is 5.60 Å². The first-order valence-corrected chi connectivity index (χ1v) is 6.56. The van der Waals surface area contributed by atoms with E-state index in [1.54, 1.807) is 0 Å². The smallest absolute Gasteiger partial charge is 0.407 e. The molecule has 1 N–H and O–H groups in total. The summed E-state index contributed by atoms with van der Waals surface area (Å²) in [5.41, 5.74) is -0.408. The zero-order chi connectivity index (χ0) is 12.6. The highest BCUT2D eigenvalue weighted by molar-refractivity contribution is 5.68. The summed E-state index contributed by atoms with van der Waals surface area (Å²) in [5, 5.41) is 3.01. The van der Waals surface area contributed by atoms with Crippen LogP contribution in [0.3, 0.4) is 0 Å². The van der Waals surface area contributed by atoms with Gasteiger partial charge in [-0.2, -0.15) is 0 Å². The highest BCUT2D eigenvalue weighted by Crippen LogP contribution is 2.34. The lowest BCUT2D eigenvalue weighted by Gasteiger charge is -2.36. The Balaban J connectivity index is 1.83. The second-order valence-electron chi connectivity index (χ2n) is 6.37. The molecule has 0 radical (unpaired) electrons. The molecule has 2 aliphatic rings. The molecular formula is C13H24N2O2. The first kappa shape index (κ1) is 12.7. The number of nitrogens with one attached hydrogen (secondary N) is 1. The Morgan fingerprint density at radius 2 is 1.76 bits per heavy atom. The third-order valence-corrected chi connectivity index (χ3v) is 3.82. The van der Waals surface area contributed by atoms with Crippen LogP contribution in [-0.4, -0.2) is 41.8 Å². The fourth-order valence-electron chi connectivity index (χ4n) is 3.00. The number of fused-ring (bicyclic) bond motifs is 2. The highest BCUT2D eigenvalue weighted by Gasteiger charge is 2.39. The molecule has 2 fully saturated rings. The van der Waals surface area contributed by atoms with E-state index >= 15 is 0 Å². The molecule has 2 aliphatic heterocycles. The molecule has 0 aliphatic carbocycles. The molecule has 0 aromatic heterocycles. The summed E-state index contributed by atoms with van der Waals surface area (Å²) in [7, 11) is 2.20. The number of piperidine rings is 1. The average molecular weight is 240 g/mol. The van der Waals surface area contributed by atoms with Crippen molar-refractivity contribution in [3.63, 3.8) is 0 Å². The third kappa shape index (κ3) is 3.12. The molecule has 17 heavy (non-hydrogen) atoms. The Kier molecular flexibility index (Phi) is 3.34. The number of alkyl carbamates (subject to hydrolysis) is 1. The predicted molar refractivity (Wildman–Crippen MR) is 67.0 cm³/mol. The summed E-state index contributed by atoms with van der Waals surface area (Å²) in [6.45, 7) is 5.68. The van der Waals surface area contributed by atoms with Gasteiger partial charge in [-0.05, 0) is 53.5 Å². The van der Waals surface area contributed by atoms with E-state index in [0.717, 1.165) is 12.8 Å². The summed E-state index contributed by atoms with van der Waals surface area (Å²) >= 11 is 0. The van der Waals surface area contributed by atoms with Gasteiger partial charge in [-0.25, -0.2) is 4.79 Å². The summed E-state index contributed by atoms with van der Waals surface area (Å²) < 4.78 is 5.29. The lowest BCUT2D eigenvalue weighted by molar-refractivity contribution is 0.0459. The van der Waals surface area contributed by atoms with Crippen LogP contribution in [0.5, 0.6) is 0 Å². The zero-order valence-electron chi connectivity index (χ0n) is 11.3. The minimum Gasteiger partial charge on any atom is -0.444 e. The van der Waals surface area contributed by atoms with Crippen LogP contribution in [0.4, 0.5) is 4.79 Å². The Morgan fingerprint density at radius 3 is 2.24 bits per heavy atom. The zero-order valence-corrected chi connectivity index (χ0v) is 11.3. The Bertz CT molecular complexity index is 284. The largest absolute Gasteiger partial charge is 0.444 e. The monoisotopic (exact) mass is 240 g/mol. The number of rotatable bonds is 1. The predicted octanol–water partition coefficient (Wildman–Crippen LogP) is 2.14. The van der Waals surface area contributed by atoms with Gasteiger partial charge < -0.3 is 15.0 Å². The van der Waals surface area contributed by atoms with Gasteiger partial charge in [0, 0.05) is 18.1 Å². The van der Waals surface area contributed by atoms with Gasteiger partial charge >= 0.3 is 6.09 Å². The Hall–Kier alpha value is -0.770. The van der Waals surface area contributed by atoms with Gasteiger partial charge in [-0.15, -0.1) is 0 Å². The maximum atomic E-state index is 11.7. The van der Waals surface area contributed by atoms with E-state index in [1.807, 2.05) is 20.8 Å². The van der Waals surface area contributed by atoms with Gasteiger partial charge in [-0.1, -0.05) is 0 Å². The van der Waals surface area contributed by atoms with Crippen LogP contribution < -0.4 is 5.32 Å². The lowest BCUT2D eigenvalue weighted by Crippen LogP contribution is -2.49. The van der Waals surface area contributed by atoms with Gasteiger partial charge in [-0.3, -0.25) is 0 Å². The van der Waals surface area contributed by atoms with E-state index in [2.05, 4.69) is 17.3 Å². The normalized spacial score (nSPS) is 33.5. The van der Waals surface area contributed by atoms with Crippen LogP contribution in [0.25, 0.3) is 0 Å². The molecule has 4 nitrogen and oxygen atoms in total. The third-order valence-electron chi connectivity index (χ3n) is 3.82. The summed E-state index contributed by atoms with van der Waals surface area (Å²) in [6.07, 6.45) is 4.39. The van der Waals surface area contributed by atoms with Crippen molar-refractivity contribution in [2.45, 2.75) is 70.2 Å². The van der Waals surface area contributed by atoms with E-state index in [1.165, 1.54) is 12.8 Å². The maximum absolute atomic E-state index is 11.7. The molecular weight excluding hydrogens is 216 g/mol. The minimum absolute atomic E-state index is 0.272. The van der Waals surface area contributed by atoms with E-state index in [-0.39, 0.29) is 6.09 Å². The minimum atomic E-state index is -0.408. The van der Waals surface area contributed by atoms with Crippen molar-refractivity contribution < 1.29 is 9.53 Å². The highest BCUT2D eigenvalue weighted by atomic mass is 16.6. The van der Waals surface area contributed by atoms with E-state index in [4.69, 9.17) is 4.74 Å². The van der Waals surface area contributed by atoms with Gasteiger partial charge in [0.25, 0.3) is 0 Å². The molecule has 2 bridgehead atoms. The lowest BCUT2D eigenvalue weighted by atomic mass is 9.98. The molecule has 0 unspecified atom stereocenters. The van der Waals surface area contributed by atoms with Crippen molar-refractivity contribution in [2.24, 2.45) is 0 Å². The molecule has 0 saturated carbocycles. The second-order valence-corrected chi connectivity index (χ2v) is 6.37. The number of hydrogen-bond donors (Lipinski definition) is 1. The van der Waals surface area contributed by atoms with E-state index in [9.17, 15) is 4.79 Å². The molecule has 2 saturated heterocycles. The number of hydrogen-bond acceptors (Lipinski definition) is 3. The van der Waals surface area contributed by atoms with Crippen LogP contribution in [0, 0.1) is 0 Å². The second kappa shape index (κ2) is 4.48. The van der Waals surface area contributed by atoms with Crippen molar-refractivity contribution in [3.8, 4) is 0 Å².